The minimum Gasteiger partial charge on any atom is -0.456 e. The van der Waals surface area contributed by atoms with E-state index >= 15 is 0 Å². The summed E-state index contributed by atoms with van der Waals surface area (Å²) < 4.78 is 30.7. The van der Waals surface area contributed by atoms with Gasteiger partial charge in [-0.3, -0.25) is 18.6 Å². The number of quaternary nitrogens is 1. The lowest BCUT2D eigenvalue weighted by Crippen LogP contribution is -2.47. The van der Waals surface area contributed by atoms with Crippen LogP contribution in [0.4, 0.5) is 0 Å². The number of likely N-dealkylation sites (N-methyl/N-ethyl adjacent to an activating group) is 1. The molecule has 0 aromatic rings. The topological polar surface area (TPSA) is 111 Å². The molecule has 0 aromatic carbocycles. The molecule has 0 saturated heterocycles. The standard InChI is InChI=1S/C68H127N2O7P/c1-7-10-13-16-19-22-25-27-29-30-31-32-33-34-35-36-37-38-39-40-41-42-45-48-51-54-57-60-67(71)69-65(64-76-78(73,74)75-63-62-70(4,5)6)66(59-56-53-50-47-44-24-21-18-15-12-9-3)77-68(72)61-58-55-52-49-46-43-28-26-23-20-17-14-11-8-2/h11,14,20,23,27-29,43,56,59,65-66H,7-10,12-13,15-19,21-22,24-26,30-42,44-55,57-58,60-64H2,1-6H3,(H-,69,71,73,74)/p+1/b14-11+,23-20+,29-27+,43-28+,59-56-. The number of allylic oxidation sites excluding steroid dienone is 9. The van der Waals surface area contributed by atoms with Crippen LogP contribution in [0.3, 0.4) is 0 Å². The average molecular weight is 1120 g/mol. The normalized spacial score (nSPS) is 14.0. The second-order valence-corrected chi connectivity index (χ2v) is 25.1. The number of carbonyl (C=O) groups is 2. The van der Waals surface area contributed by atoms with E-state index in [1.807, 2.05) is 33.3 Å². The maximum absolute atomic E-state index is 13.6. The molecule has 2 N–H and O–H groups in total. The third-order valence-corrected chi connectivity index (χ3v) is 15.7. The number of hydrogen-bond acceptors (Lipinski definition) is 6. The van der Waals surface area contributed by atoms with Gasteiger partial charge in [-0.15, -0.1) is 0 Å². The van der Waals surface area contributed by atoms with Gasteiger partial charge in [-0.05, 0) is 89.5 Å². The molecule has 10 heteroatoms. The van der Waals surface area contributed by atoms with E-state index in [-0.39, 0.29) is 31.5 Å². The van der Waals surface area contributed by atoms with Crippen LogP contribution < -0.4 is 5.32 Å². The Labute approximate surface area is 483 Å². The fourth-order valence-electron chi connectivity index (χ4n) is 9.60. The number of phosphoric ester groups is 1. The molecule has 9 nitrogen and oxygen atoms in total. The van der Waals surface area contributed by atoms with Crippen molar-refractivity contribution in [1.82, 2.24) is 5.32 Å². The molecule has 78 heavy (non-hydrogen) atoms. The number of rotatable bonds is 60. The molecule has 3 atom stereocenters. The van der Waals surface area contributed by atoms with Crippen molar-refractivity contribution in [2.24, 2.45) is 0 Å². The van der Waals surface area contributed by atoms with E-state index < -0.39 is 20.0 Å². The monoisotopic (exact) mass is 1120 g/mol. The minimum atomic E-state index is -4.45. The number of nitrogens with zero attached hydrogens (tertiary/aromatic N) is 1. The summed E-state index contributed by atoms with van der Waals surface area (Å²) in [7, 11) is 1.49. The third-order valence-electron chi connectivity index (χ3n) is 14.7. The Bertz CT molecular complexity index is 1520. The van der Waals surface area contributed by atoms with Gasteiger partial charge >= 0.3 is 13.8 Å². The quantitative estimate of drug-likeness (QED) is 0.0205. The van der Waals surface area contributed by atoms with Crippen LogP contribution in [0.1, 0.15) is 310 Å². The number of nitrogens with one attached hydrogen (secondary N) is 1. The molecule has 3 unspecified atom stereocenters. The van der Waals surface area contributed by atoms with E-state index in [0.29, 0.717) is 23.9 Å². The van der Waals surface area contributed by atoms with Crippen molar-refractivity contribution >= 4 is 19.7 Å². The first kappa shape index (κ1) is 75.7. The van der Waals surface area contributed by atoms with Gasteiger partial charge in [0.15, 0.2) is 0 Å². The fraction of sp³-hybridized carbons (Fsp3) is 0.824. The average Bonchev–Trinajstić information content (AvgIpc) is 3.40. The first-order valence-corrected chi connectivity index (χ1v) is 34.6. The highest BCUT2D eigenvalue weighted by atomic mass is 31.2. The molecule has 0 fully saturated rings. The minimum absolute atomic E-state index is 0.0363. The maximum Gasteiger partial charge on any atom is 0.472 e. The van der Waals surface area contributed by atoms with Crippen LogP contribution in [-0.2, 0) is 27.9 Å². The molecule has 1 amide bonds. The number of unbranched alkanes of at least 4 members (excludes halogenated alkanes) is 36. The molecule has 0 aromatic heterocycles. The summed E-state index contributed by atoms with van der Waals surface area (Å²) in [5.41, 5.74) is 0. The van der Waals surface area contributed by atoms with Crippen molar-refractivity contribution in [2.75, 3.05) is 40.9 Å². The van der Waals surface area contributed by atoms with Gasteiger partial charge < -0.3 is 19.4 Å². The predicted molar refractivity (Wildman–Crippen MR) is 337 cm³/mol. The van der Waals surface area contributed by atoms with Crippen LogP contribution >= 0.6 is 7.82 Å². The second-order valence-electron chi connectivity index (χ2n) is 23.6. The van der Waals surface area contributed by atoms with Crippen LogP contribution in [0, 0.1) is 0 Å². The number of esters is 1. The Morgan fingerprint density at radius 3 is 1.24 bits per heavy atom. The van der Waals surface area contributed by atoms with Gasteiger partial charge in [0.25, 0.3) is 0 Å². The molecule has 0 aliphatic rings. The molecule has 0 aliphatic heterocycles. The van der Waals surface area contributed by atoms with Crippen molar-refractivity contribution < 1.29 is 37.3 Å². The van der Waals surface area contributed by atoms with Gasteiger partial charge in [-0.25, -0.2) is 4.57 Å². The Kier molecular flexibility index (Phi) is 56.2. The Morgan fingerprint density at radius 1 is 0.462 bits per heavy atom. The summed E-state index contributed by atoms with van der Waals surface area (Å²) in [6.07, 6.45) is 73.9. The van der Waals surface area contributed by atoms with Crippen molar-refractivity contribution in [3.63, 3.8) is 0 Å². The van der Waals surface area contributed by atoms with E-state index in [1.165, 1.54) is 186 Å². The molecule has 0 heterocycles. The predicted octanol–water partition coefficient (Wildman–Crippen LogP) is 20.6. The first-order valence-electron chi connectivity index (χ1n) is 33.1. The Balaban J connectivity index is 4.98. The van der Waals surface area contributed by atoms with Crippen molar-refractivity contribution in [2.45, 2.75) is 322 Å². The lowest BCUT2D eigenvalue weighted by Gasteiger charge is -2.27. The molecular formula is C68H128N2O7P+. The van der Waals surface area contributed by atoms with E-state index in [4.69, 9.17) is 13.8 Å². The summed E-state index contributed by atoms with van der Waals surface area (Å²) in [6.45, 7) is 6.90. The zero-order chi connectivity index (χ0) is 57.2. The van der Waals surface area contributed by atoms with Gasteiger partial charge in [-0.1, -0.05) is 268 Å². The number of ether oxygens (including phenoxy) is 1. The van der Waals surface area contributed by atoms with Gasteiger partial charge in [-0.2, -0.15) is 0 Å². The Morgan fingerprint density at radius 2 is 0.821 bits per heavy atom. The SMILES string of the molecule is CC/C=C/C/C=C/C/C=C/CCCCCCC(=O)OC(/C=C\CCCCCCCCCCC)C(COP(=O)(O)OCC[N+](C)(C)C)NC(=O)CCCCCCCCCCCCCCCCCCC/C=C/CCCCCCCC. The van der Waals surface area contributed by atoms with Crippen LogP contribution in [0.15, 0.2) is 60.8 Å². The molecule has 0 spiro atoms. The second kappa shape index (κ2) is 57.9. The van der Waals surface area contributed by atoms with Crippen molar-refractivity contribution in [3.8, 4) is 0 Å². The molecular weight excluding hydrogens is 988 g/mol. The summed E-state index contributed by atoms with van der Waals surface area (Å²) in [5, 5.41) is 3.06. The highest BCUT2D eigenvalue weighted by Crippen LogP contribution is 2.43. The van der Waals surface area contributed by atoms with Crippen molar-refractivity contribution in [1.29, 1.82) is 0 Å². The molecule has 456 valence electrons. The van der Waals surface area contributed by atoms with Gasteiger partial charge in [0.05, 0.1) is 33.8 Å². The summed E-state index contributed by atoms with van der Waals surface area (Å²) in [4.78, 5) is 37.7. The largest absolute Gasteiger partial charge is 0.472 e. The highest BCUT2D eigenvalue weighted by Gasteiger charge is 2.30. The number of phosphoric acid groups is 1. The number of hydrogen-bond donors (Lipinski definition) is 2. The molecule has 0 bridgehead atoms. The molecule has 0 saturated carbocycles. The van der Waals surface area contributed by atoms with Crippen LogP contribution in [0.5, 0.6) is 0 Å². The summed E-state index contributed by atoms with van der Waals surface area (Å²) >= 11 is 0. The van der Waals surface area contributed by atoms with Gasteiger partial charge in [0, 0.05) is 12.8 Å². The molecule has 0 radical (unpaired) electrons. The molecule has 0 aliphatic carbocycles. The smallest absolute Gasteiger partial charge is 0.456 e. The van der Waals surface area contributed by atoms with Crippen molar-refractivity contribution in [3.05, 3.63) is 60.8 Å². The third kappa shape index (κ3) is 58.4. The van der Waals surface area contributed by atoms with Gasteiger partial charge in [0.2, 0.25) is 5.91 Å². The number of carbonyl (C=O) groups excluding carboxylic acids is 2. The fourth-order valence-corrected chi connectivity index (χ4v) is 10.3. The van der Waals surface area contributed by atoms with E-state index in [9.17, 15) is 19.0 Å². The number of amides is 1. The first-order chi connectivity index (χ1) is 37.9. The highest BCUT2D eigenvalue weighted by molar-refractivity contribution is 7.47. The van der Waals surface area contributed by atoms with Crippen LogP contribution in [0.2, 0.25) is 0 Å². The zero-order valence-corrected chi connectivity index (χ0v) is 53.1. The lowest BCUT2D eigenvalue weighted by molar-refractivity contribution is -0.870. The van der Waals surface area contributed by atoms with Gasteiger partial charge in [0.1, 0.15) is 19.3 Å². The zero-order valence-electron chi connectivity index (χ0n) is 52.2. The van der Waals surface area contributed by atoms with E-state index in [2.05, 4.69) is 74.7 Å². The summed E-state index contributed by atoms with van der Waals surface area (Å²) in [6, 6.07) is -0.857. The lowest BCUT2D eigenvalue weighted by atomic mass is 10.0. The summed E-state index contributed by atoms with van der Waals surface area (Å²) in [5.74, 6) is -0.523. The van der Waals surface area contributed by atoms with E-state index in [1.54, 1.807) is 0 Å². The van der Waals surface area contributed by atoms with Crippen LogP contribution in [0.25, 0.3) is 0 Å². The van der Waals surface area contributed by atoms with E-state index in [0.717, 1.165) is 83.5 Å². The molecule has 0 rings (SSSR count). The van der Waals surface area contributed by atoms with Crippen LogP contribution in [-0.4, -0.2) is 74.3 Å². The maximum atomic E-state index is 13.6. The Hall–Kier alpha value is -2.29.